The third-order valence-corrected chi connectivity index (χ3v) is 6.32. The van der Waals surface area contributed by atoms with E-state index in [0.717, 1.165) is 35.0 Å². The SMILES string of the molecule is COc1cc(/C=C/c2nc3sc4c(c3c(=O)[nH]2)CC[C@@H](C)C4)cc(Cl)c1O. The molecule has 140 valence electrons. The van der Waals surface area contributed by atoms with Gasteiger partial charge in [0.25, 0.3) is 5.56 Å². The molecule has 0 unspecified atom stereocenters. The number of benzene rings is 1. The summed E-state index contributed by atoms with van der Waals surface area (Å²) in [7, 11) is 1.46. The Morgan fingerprint density at radius 1 is 1.41 bits per heavy atom. The third-order valence-electron chi connectivity index (χ3n) is 4.89. The van der Waals surface area contributed by atoms with Crippen molar-refractivity contribution in [3.63, 3.8) is 0 Å². The average molecular weight is 403 g/mol. The summed E-state index contributed by atoms with van der Waals surface area (Å²) < 4.78 is 5.11. The van der Waals surface area contributed by atoms with Crippen LogP contribution in [-0.4, -0.2) is 22.2 Å². The van der Waals surface area contributed by atoms with Crippen LogP contribution in [0.1, 0.15) is 35.2 Å². The number of fused-ring (bicyclic) bond motifs is 3. The Hall–Kier alpha value is -2.31. The van der Waals surface area contributed by atoms with Gasteiger partial charge in [-0.25, -0.2) is 4.98 Å². The van der Waals surface area contributed by atoms with Gasteiger partial charge in [0.2, 0.25) is 0 Å². The maximum Gasteiger partial charge on any atom is 0.260 e. The number of aromatic nitrogens is 2. The van der Waals surface area contributed by atoms with Gasteiger partial charge < -0.3 is 14.8 Å². The van der Waals surface area contributed by atoms with Crippen molar-refractivity contribution in [2.24, 2.45) is 5.92 Å². The van der Waals surface area contributed by atoms with Crippen LogP contribution in [0.15, 0.2) is 16.9 Å². The quantitative estimate of drug-likeness (QED) is 0.668. The van der Waals surface area contributed by atoms with Crippen molar-refractivity contribution >= 4 is 45.3 Å². The summed E-state index contributed by atoms with van der Waals surface area (Å²) in [6.45, 7) is 2.25. The van der Waals surface area contributed by atoms with Crippen LogP contribution in [0.2, 0.25) is 5.02 Å². The molecule has 1 aromatic carbocycles. The van der Waals surface area contributed by atoms with Gasteiger partial charge in [-0.05, 0) is 54.5 Å². The van der Waals surface area contributed by atoms with Gasteiger partial charge in [-0.15, -0.1) is 11.3 Å². The molecule has 0 saturated heterocycles. The van der Waals surface area contributed by atoms with Crippen LogP contribution in [0.25, 0.3) is 22.4 Å². The number of hydrogen-bond donors (Lipinski definition) is 2. The molecule has 3 aromatic rings. The summed E-state index contributed by atoms with van der Waals surface area (Å²) in [5, 5.41) is 10.8. The smallest absolute Gasteiger partial charge is 0.260 e. The Bertz CT molecular complexity index is 1120. The molecule has 2 heterocycles. The molecule has 0 bridgehead atoms. The number of rotatable bonds is 3. The van der Waals surface area contributed by atoms with Crippen molar-refractivity contribution in [2.75, 3.05) is 7.11 Å². The standard InChI is InChI=1S/C20H19ClN2O3S/c1-10-3-5-12-15(7-10)27-20-17(12)19(25)22-16(23-20)6-4-11-8-13(21)18(24)14(9-11)26-2/h4,6,8-10,24H,3,5,7H2,1-2H3,(H,22,23,25)/b6-4+/t10-/m1/s1. The number of halogens is 1. The number of hydrogen-bond acceptors (Lipinski definition) is 5. The lowest BCUT2D eigenvalue weighted by atomic mass is 9.89. The number of phenols is 1. The Kier molecular flexibility index (Phi) is 4.70. The van der Waals surface area contributed by atoms with Gasteiger partial charge >= 0.3 is 0 Å². The molecule has 5 nitrogen and oxygen atoms in total. The van der Waals surface area contributed by atoms with Crippen molar-refractivity contribution in [1.82, 2.24) is 9.97 Å². The summed E-state index contributed by atoms with van der Waals surface area (Å²) in [4.78, 5) is 22.2. The number of nitrogens with one attached hydrogen (secondary N) is 1. The maximum absolute atomic E-state index is 12.6. The molecule has 1 aliphatic carbocycles. The molecule has 2 aromatic heterocycles. The van der Waals surface area contributed by atoms with Crippen molar-refractivity contribution in [2.45, 2.75) is 26.2 Å². The summed E-state index contributed by atoms with van der Waals surface area (Å²) in [5.41, 5.74) is 1.82. The predicted octanol–water partition coefficient (Wildman–Crippen LogP) is 4.65. The molecule has 1 atom stereocenters. The third kappa shape index (κ3) is 3.35. The number of phenolic OH excluding ortho intramolecular Hbond substituents is 1. The molecule has 0 aliphatic heterocycles. The van der Waals surface area contributed by atoms with E-state index in [-0.39, 0.29) is 16.3 Å². The largest absolute Gasteiger partial charge is 0.503 e. The van der Waals surface area contributed by atoms with Gasteiger partial charge in [-0.1, -0.05) is 24.6 Å². The van der Waals surface area contributed by atoms with E-state index in [9.17, 15) is 9.90 Å². The second kappa shape index (κ2) is 7.02. The lowest BCUT2D eigenvalue weighted by Crippen LogP contribution is -2.13. The van der Waals surface area contributed by atoms with Gasteiger partial charge in [-0.3, -0.25) is 4.79 Å². The molecule has 0 spiro atoms. The van der Waals surface area contributed by atoms with Crippen LogP contribution < -0.4 is 10.3 Å². The normalized spacial score (nSPS) is 16.8. The highest BCUT2D eigenvalue weighted by atomic mass is 35.5. The molecule has 0 radical (unpaired) electrons. The first kappa shape index (κ1) is 18.1. The summed E-state index contributed by atoms with van der Waals surface area (Å²) in [6, 6.07) is 3.29. The summed E-state index contributed by atoms with van der Waals surface area (Å²) >= 11 is 7.64. The van der Waals surface area contributed by atoms with E-state index < -0.39 is 0 Å². The van der Waals surface area contributed by atoms with E-state index >= 15 is 0 Å². The number of aryl methyl sites for hydroxylation is 1. The van der Waals surface area contributed by atoms with Crippen LogP contribution in [-0.2, 0) is 12.8 Å². The molecule has 4 rings (SSSR count). The van der Waals surface area contributed by atoms with E-state index in [2.05, 4.69) is 16.9 Å². The summed E-state index contributed by atoms with van der Waals surface area (Å²) in [5.74, 6) is 1.34. The zero-order valence-corrected chi connectivity index (χ0v) is 16.6. The Morgan fingerprint density at radius 3 is 3.00 bits per heavy atom. The van der Waals surface area contributed by atoms with Crippen molar-refractivity contribution in [1.29, 1.82) is 0 Å². The molecule has 27 heavy (non-hydrogen) atoms. The molecule has 0 saturated carbocycles. The van der Waals surface area contributed by atoms with Crippen LogP contribution >= 0.6 is 22.9 Å². The fourth-order valence-electron chi connectivity index (χ4n) is 3.47. The number of aromatic hydroxyl groups is 1. The van der Waals surface area contributed by atoms with E-state index in [1.165, 1.54) is 17.6 Å². The minimum atomic E-state index is -0.0948. The number of methoxy groups -OCH3 is 1. The Balaban J connectivity index is 1.72. The van der Waals surface area contributed by atoms with Gasteiger partial charge in [0.15, 0.2) is 11.5 Å². The first-order chi connectivity index (χ1) is 13.0. The minimum absolute atomic E-state index is 0.0898. The second-order valence-corrected chi connectivity index (χ2v) is 8.36. The first-order valence-electron chi connectivity index (χ1n) is 8.75. The van der Waals surface area contributed by atoms with Gasteiger partial charge in [0.05, 0.1) is 17.5 Å². The highest BCUT2D eigenvalue weighted by Gasteiger charge is 2.22. The van der Waals surface area contributed by atoms with Crippen molar-refractivity contribution in [3.8, 4) is 11.5 Å². The molecular formula is C20H19ClN2O3S. The molecular weight excluding hydrogens is 384 g/mol. The molecule has 0 amide bonds. The van der Waals surface area contributed by atoms with Crippen LogP contribution in [0.5, 0.6) is 11.5 Å². The molecule has 1 aliphatic rings. The Labute approximate surface area is 165 Å². The number of H-pyrrole nitrogens is 1. The average Bonchev–Trinajstić information content (AvgIpc) is 3.00. The lowest BCUT2D eigenvalue weighted by Gasteiger charge is -2.17. The van der Waals surface area contributed by atoms with E-state index in [1.807, 2.05) is 0 Å². The monoisotopic (exact) mass is 402 g/mol. The van der Waals surface area contributed by atoms with Gasteiger partial charge in [0, 0.05) is 4.88 Å². The van der Waals surface area contributed by atoms with E-state index in [4.69, 9.17) is 16.3 Å². The number of aromatic amines is 1. The molecule has 7 heteroatoms. The maximum atomic E-state index is 12.6. The van der Waals surface area contributed by atoms with Crippen LogP contribution in [0, 0.1) is 5.92 Å². The highest BCUT2D eigenvalue weighted by molar-refractivity contribution is 7.18. The number of ether oxygens (including phenoxy) is 1. The Morgan fingerprint density at radius 2 is 2.22 bits per heavy atom. The number of nitrogens with zero attached hydrogens (tertiary/aromatic N) is 1. The van der Waals surface area contributed by atoms with E-state index in [1.54, 1.807) is 35.6 Å². The lowest BCUT2D eigenvalue weighted by molar-refractivity contribution is 0.373. The second-order valence-electron chi connectivity index (χ2n) is 6.87. The fraction of sp³-hybridized carbons (Fsp3) is 0.300. The zero-order chi connectivity index (χ0) is 19.1. The number of thiophene rings is 1. The molecule has 0 fully saturated rings. The first-order valence-corrected chi connectivity index (χ1v) is 9.95. The minimum Gasteiger partial charge on any atom is -0.503 e. The fourth-order valence-corrected chi connectivity index (χ4v) is 5.07. The summed E-state index contributed by atoms with van der Waals surface area (Å²) in [6.07, 6.45) is 6.58. The van der Waals surface area contributed by atoms with Crippen LogP contribution in [0.4, 0.5) is 0 Å². The highest BCUT2D eigenvalue weighted by Crippen LogP contribution is 2.36. The topological polar surface area (TPSA) is 75.2 Å². The van der Waals surface area contributed by atoms with Gasteiger partial charge in [0.1, 0.15) is 10.7 Å². The predicted molar refractivity (Wildman–Crippen MR) is 110 cm³/mol. The van der Waals surface area contributed by atoms with Crippen molar-refractivity contribution < 1.29 is 9.84 Å². The van der Waals surface area contributed by atoms with Gasteiger partial charge in [-0.2, -0.15) is 0 Å². The molecule has 2 N–H and O–H groups in total. The van der Waals surface area contributed by atoms with Crippen molar-refractivity contribution in [3.05, 3.63) is 49.3 Å². The van der Waals surface area contributed by atoms with E-state index in [0.29, 0.717) is 17.5 Å². The van der Waals surface area contributed by atoms with Crippen LogP contribution in [0.3, 0.4) is 0 Å². The zero-order valence-electron chi connectivity index (χ0n) is 15.0.